The summed E-state index contributed by atoms with van der Waals surface area (Å²) in [5.41, 5.74) is 0.114. The van der Waals surface area contributed by atoms with Crippen LogP contribution in [0.25, 0.3) is 0 Å². The van der Waals surface area contributed by atoms with Crippen LogP contribution in [-0.4, -0.2) is 24.3 Å². The third kappa shape index (κ3) is 3.56. The van der Waals surface area contributed by atoms with Gasteiger partial charge in [0.2, 0.25) is 0 Å². The first kappa shape index (κ1) is 13.1. The summed E-state index contributed by atoms with van der Waals surface area (Å²) in [4.78, 5) is 0. The Morgan fingerprint density at radius 2 is 2.18 bits per heavy atom. The molecule has 2 aliphatic carbocycles. The molecule has 2 N–H and O–H groups in total. The monoisotopic (exact) mass is 237 g/mol. The number of hydrogen-bond donors (Lipinski definition) is 2. The van der Waals surface area contributed by atoms with Gasteiger partial charge in [-0.1, -0.05) is 31.9 Å². The highest BCUT2D eigenvalue weighted by atomic mass is 16.3. The number of aliphatic hydroxyl groups excluding tert-OH is 1. The fourth-order valence-corrected chi connectivity index (χ4v) is 3.19. The molecule has 2 heteroatoms. The quantitative estimate of drug-likeness (QED) is 0.737. The van der Waals surface area contributed by atoms with Crippen molar-refractivity contribution >= 4 is 0 Å². The van der Waals surface area contributed by atoms with Crippen LogP contribution >= 0.6 is 0 Å². The molecule has 0 aliphatic heterocycles. The zero-order valence-electron chi connectivity index (χ0n) is 11.1. The number of allylic oxidation sites excluding steroid dienone is 2. The van der Waals surface area contributed by atoms with Crippen molar-refractivity contribution in [3.05, 3.63) is 12.2 Å². The lowest BCUT2D eigenvalue weighted by Crippen LogP contribution is -2.44. The van der Waals surface area contributed by atoms with E-state index in [9.17, 15) is 5.11 Å². The van der Waals surface area contributed by atoms with E-state index in [1.807, 2.05) is 0 Å². The minimum Gasteiger partial charge on any atom is -0.393 e. The Balaban J connectivity index is 1.71. The van der Waals surface area contributed by atoms with E-state index in [1.165, 1.54) is 38.5 Å². The van der Waals surface area contributed by atoms with Crippen LogP contribution in [0.2, 0.25) is 0 Å². The van der Waals surface area contributed by atoms with Gasteiger partial charge in [0.1, 0.15) is 0 Å². The molecule has 0 bridgehead atoms. The molecule has 1 fully saturated rings. The van der Waals surface area contributed by atoms with Crippen molar-refractivity contribution < 1.29 is 5.11 Å². The van der Waals surface area contributed by atoms with Gasteiger partial charge in [0, 0.05) is 12.0 Å². The molecule has 17 heavy (non-hydrogen) atoms. The lowest BCUT2D eigenvalue weighted by atomic mass is 9.73. The van der Waals surface area contributed by atoms with Gasteiger partial charge in [-0.2, -0.15) is 0 Å². The van der Waals surface area contributed by atoms with Crippen LogP contribution in [0.5, 0.6) is 0 Å². The summed E-state index contributed by atoms with van der Waals surface area (Å²) in [6.07, 6.45) is 12.9. The molecule has 0 radical (unpaired) electrons. The smallest absolute Gasteiger partial charge is 0.0605 e. The summed E-state index contributed by atoms with van der Waals surface area (Å²) in [5, 5.41) is 13.7. The highest BCUT2D eigenvalue weighted by molar-refractivity contribution is 4.92. The largest absolute Gasteiger partial charge is 0.393 e. The topological polar surface area (TPSA) is 32.3 Å². The minimum atomic E-state index is -0.102. The first-order valence-corrected chi connectivity index (χ1v) is 7.24. The maximum Gasteiger partial charge on any atom is 0.0605 e. The standard InChI is InChI=1S/C15H27NO/c1-15(10-6-5-9-14(15)17)12-16-11-13-7-3-2-4-8-13/h2-3,13-14,16-17H,4-12H2,1H3. The molecule has 0 heterocycles. The zero-order valence-corrected chi connectivity index (χ0v) is 11.1. The van der Waals surface area contributed by atoms with Gasteiger partial charge in [-0.25, -0.2) is 0 Å². The van der Waals surface area contributed by atoms with Gasteiger partial charge < -0.3 is 10.4 Å². The summed E-state index contributed by atoms with van der Waals surface area (Å²) in [5.74, 6) is 0.810. The van der Waals surface area contributed by atoms with Gasteiger partial charge in [-0.15, -0.1) is 0 Å². The average Bonchev–Trinajstić information content (AvgIpc) is 2.35. The maximum atomic E-state index is 10.1. The number of nitrogens with one attached hydrogen (secondary N) is 1. The van der Waals surface area contributed by atoms with Crippen LogP contribution in [-0.2, 0) is 0 Å². The Morgan fingerprint density at radius 1 is 1.29 bits per heavy atom. The van der Waals surface area contributed by atoms with E-state index < -0.39 is 0 Å². The second-order valence-corrected chi connectivity index (χ2v) is 6.20. The molecule has 0 aromatic rings. The lowest BCUT2D eigenvalue weighted by molar-refractivity contribution is 0.000868. The maximum absolute atomic E-state index is 10.1. The third-order valence-electron chi connectivity index (χ3n) is 4.62. The summed E-state index contributed by atoms with van der Waals surface area (Å²) < 4.78 is 0. The Labute approximate surface area is 105 Å². The lowest BCUT2D eigenvalue weighted by Gasteiger charge is -2.39. The van der Waals surface area contributed by atoms with Crippen molar-refractivity contribution in [3.8, 4) is 0 Å². The van der Waals surface area contributed by atoms with E-state index >= 15 is 0 Å². The first-order chi connectivity index (χ1) is 8.21. The van der Waals surface area contributed by atoms with Crippen LogP contribution in [0.1, 0.15) is 51.9 Å². The van der Waals surface area contributed by atoms with Gasteiger partial charge in [-0.05, 0) is 44.6 Å². The average molecular weight is 237 g/mol. The van der Waals surface area contributed by atoms with Crippen molar-refractivity contribution in [3.63, 3.8) is 0 Å². The first-order valence-electron chi connectivity index (χ1n) is 7.24. The molecule has 3 unspecified atom stereocenters. The van der Waals surface area contributed by atoms with Crippen molar-refractivity contribution in [2.45, 2.75) is 58.0 Å². The number of rotatable bonds is 4. The zero-order chi connectivity index (χ0) is 12.1. The highest BCUT2D eigenvalue weighted by Gasteiger charge is 2.34. The van der Waals surface area contributed by atoms with E-state index in [2.05, 4.69) is 24.4 Å². The summed E-state index contributed by atoms with van der Waals surface area (Å²) in [6, 6.07) is 0. The fraction of sp³-hybridized carbons (Fsp3) is 0.867. The molecule has 0 aromatic heterocycles. The van der Waals surface area contributed by atoms with Crippen molar-refractivity contribution in [1.82, 2.24) is 5.32 Å². The van der Waals surface area contributed by atoms with E-state index in [0.29, 0.717) is 0 Å². The van der Waals surface area contributed by atoms with Gasteiger partial charge in [0.25, 0.3) is 0 Å². The summed E-state index contributed by atoms with van der Waals surface area (Å²) in [6.45, 7) is 4.34. The molecule has 0 spiro atoms. The molecular formula is C15H27NO. The molecule has 0 saturated heterocycles. The SMILES string of the molecule is CC1(CNCC2CC=CCC2)CCCCC1O. The summed E-state index contributed by atoms with van der Waals surface area (Å²) in [7, 11) is 0. The van der Waals surface area contributed by atoms with Crippen LogP contribution in [0.15, 0.2) is 12.2 Å². The normalized spacial score (nSPS) is 38.2. The van der Waals surface area contributed by atoms with Crippen LogP contribution in [0.3, 0.4) is 0 Å². The molecule has 1 saturated carbocycles. The third-order valence-corrected chi connectivity index (χ3v) is 4.62. The van der Waals surface area contributed by atoms with Crippen LogP contribution < -0.4 is 5.32 Å². The van der Waals surface area contributed by atoms with E-state index in [1.54, 1.807) is 0 Å². The number of aliphatic hydroxyl groups is 1. The van der Waals surface area contributed by atoms with Crippen molar-refractivity contribution in [2.24, 2.45) is 11.3 Å². The van der Waals surface area contributed by atoms with Crippen molar-refractivity contribution in [1.29, 1.82) is 0 Å². The molecule has 98 valence electrons. The second-order valence-electron chi connectivity index (χ2n) is 6.20. The molecule has 3 atom stereocenters. The fourth-order valence-electron chi connectivity index (χ4n) is 3.19. The Bertz CT molecular complexity index is 264. The van der Waals surface area contributed by atoms with Crippen LogP contribution in [0, 0.1) is 11.3 Å². The summed E-state index contributed by atoms with van der Waals surface area (Å²) >= 11 is 0. The van der Waals surface area contributed by atoms with E-state index in [-0.39, 0.29) is 11.5 Å². The Hall–Kier alpha value is -0.340. The van der Waals surface area contributed by atoms with Crippen LogP contribution in [0.4, 0.5) is 0 Å². The molecular weight excluding hydrogens is 210 g/mol. The van der Waals surface area contributed by atoms with Gasteiger partial charge in [0.05, 0.1) is 6.10 Å². The minimum absolute atomic E-state index is 0.102. The molecule has 2 rings (SSSR count). The molecule has 2 aliphatic rings. The van der Waals surface area contributed by atoms with Gasteiger partial charge >= 0.3 is 0 Å². The second kappa shape index (κ2) is 6.01. The van der Waals surface area contributed by atoms with E-state index in [0.717, 1.165) is 25.4 Å². The number of hydrogen-bond acceptors (Lipinski definition) is 2. The molecule has 2 nitrogen and oxygen atoms in total. The van der Waals surface area contributed by atoms with Crippen molar-refractivity contribution in [2.75, 3.05) is 13.1 Å². The van der Waals surface area contributed by atoms with Gasteiger partial charge in [-0.3, -0.25) is 0 Å². The molecule has 0 amide bonds. The van der Waals surface area contributed by atoms with E-state index in [4.69, 9.17) is 0 Å². The Morgan fingerprint density at radius 3 is 2.88 bits per heavy atom. The molecule has 0 aromatic carbocycles. The highest BCUT2D eigenvalue weighted by Crippen LogP contribution is 2.35. The Kier molecular flexibility index (Phi) is 4.63. The van der Waals surface area contributed by atoms with Gasteiger partial charge in [0.15, 0.2) is 0 Å². The predicted octanol–water partition coefficient (Wildman–Crippen LogP) is 2.87. The predicted molar refractivity (Wildman–Crippen MR) is 71.9 cm³/mol.